The molecule has 0 atom stereocenters. The number of para-hydroxylation sites is 1. The highest BCUT2D eigenvalue weighted by atomic mass is 16.5. The van der Waals surface area contributed by atoms with Crippen molar-refractivity contribution in [3.05, 3.63) is 66.0 Å². The van der Waals surface area contributed by atoms with Gasteiger partial charge in [0.1, 0.15) is 17.2 Å². The Labute approximate surface area is 157 Å². The van der Waals surface area contributed by atoms with Gasteiger partial charge in [-0.05, 0) is 37.3 Å². The Kier molecular flexibility index (Phi) is 5.51. The van der Waals surface area contributed by atoms with Crippen molar-refractivity contribution in [1.29, 1.82) is 0 Å². The summed E-state index contributed by atoms with van der Waals surface area (Å²) in [7, 11) is 3.16. The number of methoxy groups -OCH3 is 2. The smallest absolute Gasteiger partial charge is 0.274 e. The maximum absolute atomic E-state index is 12.5. The average molecular weight is 364 g/mol. The summed E-state index contributed by atoms with van der Waals surface area (Å²) >= 11 is 0. The normalized spacial score (nSPS) is 10.2. The number of rotatable bonds is 6. The van der Waals surface area contributed by atoms with E-state index in [9.17, 15) is 4.79 Å². The van der Waals surface area contributed by atoms with E-state index in [-0.39, 0.29) is 11.6 Å². The standard InChI is InChI=1S/C20H20N4O3/c1-13-11-17(19(25)22-14-7-5-4-6-8-14)24-20(21-13)23-16-12-15(26-2)9-10-18(16)27-3/h4-12H,1-3H3,(H,22,25)(H,21,23,24). The van der Waals surface area contributed by atoms with Gasteiger partial charge in [0.05, 0.1) is 19.9 Å². The Hall–Kier alpha value is -3.61. The molecule has 0 unspecified atom stereocenters. The van der Waals surface area contributed by atoms with E-state index >= 15 is 0 Å². The number of nitrogens with one attached hydrogen (secondary N) is 2. The Bertz CT molecular complexity index is 945. The number of carbonyl (C=O) groups excluding carboxylic acids is 1. The summed E-state index contributed by atoms with van der Waals surface area (Å²) in [6, 6.07) is 16.2. The summed E-state index contributed by atoms with van der Waals surface area (Å²) in [6.45, 7) is 1.80. The summed E-state index contributed by atoms with van der Waals surface area (Å²) in [6.07, 6.45) is 0. The van der Waals surface area contributed by atoms with Crippen molar-refractivity contribution >= 4 is 23.2 Å². The van der Waals surface area contributed by atoms with Crippen LogP contribution < -0.4 is 20.1 Å². The molecule has 27 heavy (non-hydrogen) atoms. The highest BCUT2D eigenvalue weighted by Gasteiger charge is 2.13. The number of hydrogen-bond donors (Lipinski definition) is 2. The van der Waals surface area contributed by atoms with E-state index in [2.05, 4.69) is 20.6 Å². The molecule has 138 valence electrons. The first-order chi connectivity index (χ1) is 13.1. The summed E-state index contributed by atoms with van der Waals surface area (Å²) < 4.78 is 10.6. The molecule has 0 saturated heterocycles. The maximum atomic E-state index is 12.5. The van der Waals surface area contributed by atoms with Crippen LogP contribution in [0.2, 0.25) is 0 Å². The van der Waals surface area contributed by atoms with Crippen molar-refractivity contribution < 1.29 is 14.3 Å². The van der Waals surface area contributed by atoms with Crippen molar-refractivity contribution in [3.63, 3.8) is 0 Å². The molecule has 2 N–H and O–H groups in total. The summed E-state index contributed by atoms with van der Waals surface area (Å²) in [5, 5.41) is 5.91. The fourth-order valence-electron chi connectivity index (χ4n) is 2.49. The van der Waals surface area contributed by atoms with E-state index in [4.69, 9.17) is 9.47 Å². The summed E-state index contributed by atoms with van der Waals surface area (Å²) in [4.78, 5) is 21.2. The predicted octanol–water partition coefficient (Wildman–Crippen LogP) is 3.80. The maximum Gasteiger partial charge on any atom is 0.274 e. The average Bonchev–Trinajstić information content (AvgIpc) is 2.68. The van der Waals surface area contributed by atoms with Crippen molar-refractivity contribution in [2.45, 2.75) is 6.92 Å². The van der Waals surface area contributed by atoms with Gasteiger partial charge in [0.15, 0.2) is 0 Å². The van der Waals surface area contributed by atoms with Gasteiger partial charge >= 0.3 is 0 Å². The predicted molar refractivity (Wildman–Crippen MR) is 104 cm³/mol. The van der Waals surface area contributed by atoms with Gasteiger partial charge in [0, 0.05) is 17.4 Å². The van der Waals surface area contributed by atoms with Crippen LogP contribution in [-0.4, -0.2) is 30.1 Å². The summed E-state index contributed by atoms with van der Waals surface area (Å²) in [5.74, 6) is 1.25. The third-order valence-electron chi connectivity index (χ3n) is 3.77. The second-order valence-electron chi connectivity index (χ2n) is 5.73. The van der Waals surface area contributed by atoms with Crippen molar-refractivity contribution in [1.82, 2.24) is 9.97 Å². The first kappa shape index (κ1) is 18.2. The zero-order valence-corrected chi connectivity index (χ0v) is 15.3. The number of anilines is 3. The molecular weight excluding hydrogens is 344 g/mol. The van der Waals surface area contributed by atoms with E-state index in [1.807, 2.05) is 30.3 Å². The number of benzene rings is 2. The molecule has 0 aliphatic carbocycles. The lowest BCUT2D eigenvalue weighted by Crippen LogP contribution is -2.15. The second kappa shape index (κ2) is 8.18. The molecule has 3 aromatic rings. The molecule has 1 amide bonds. The molecule has 0 bridgehead atoms. The van der Waals surface area contributed by atoms with Crippen molar-refractivity contribution in [2.24, 2.45) is 0 Å². The Morgan fingerprint density at radius 2 is 1.74 bits per heavy atom. The second-order valence-corrected chi connectivity index (χ2v) is 5.73. The molecule has 0 aliphatic heterocycles. The van der Waals surface area contributed by atoms with Crippen LogP contribution in [0, 0.1) is 6.92 Å². The lowest BCUT2D eigenvalue weighted by Gasteiger charge is -2.13. The Morgan fingerprint density at radius 1 is 0.963 bits per heavy atom. The lowest BCUT2D eigenvalue weighted by atomic mass is 10.2. The minimum atomic E-state index is -0.313. The van der Waals surface area contributed by atoms with E-state index < -0.39 is 0 Å². The first-order valence-electron chi connectivity index (χ1n) is 8.30. The van der Waals surface area contributed by atoms with Crippen molar-refractivity contribution in [3.8, 4) is 11.5 Å². The molecule has 0 radical (unpaired) electrons. The number of hydrogen-bond acceptors (Lipinski definition) is 6. The van der Waals surface area contributed by atoms with Crippen LogP contribution in [0.3, 0.4) is 0 Å². The van der Waals surface area contributed by atoms with Crippen LogP contribution in [0.15, 0.2) is 54.6 Å². The Morgan fingerprint density at radius 3 is 2.44 bits per heavy atom. The van der Waals surface area contributed by atoms with Gasteiger partial charge in [-0.2, -0.15) is 0 Å². The molecule has 3 rings (SSSR count). The van der Waals surface area contributed by atoms with Crippen LogP contribution in [-0.2, 0) is 0 Å². The monoisotopic (exact) mass is 364 g/mol. The molecule has 7 nitrogen and oxygen atoms in total. The van der Waals surface area contributed by atoms with Gasteiger partial charge in [0.2, 0.25) is 5.95 Å². The first-order valence-corrected chi connectivity index (χ1v) is 8.30. The quantitative estimate of drug-likeness (QED) is 0.692. The largest absolute Gasteiger partial charge is 0.497 e. The minimum absolute atomic E-state index is 0.260. The van der Waals surface area contributed by atoms with Crippen LogP contribution >= 0.6 is 0 Å². The van der Waals surface area contributed by atoms with Gasteiger partial charge in [-0.1, -0.05) is 18.2 Å². The van der Waals surface area contributed by atoms with E-state index in [1.54, 1.807) is 45.4 Å². The molecule has 1 aromatic heterocycles. The van der Waals surface area contributed by atoms with E-state index in [0.717, 1.165) is 0 Å². The zero-order valence-electron chi connectivity index (χ0n) is 15.3. The minimum Gasteiger partial charge on any atom is -0.497 e. The van der Waals surface area contributed by atoms with E-state index in [1.165, 1.54) is 0 Å². The highest BCUT2D eigenvalue weighted by Crippen LogP contribution is 2.30. The zero-order chi connectivity index (χ0) is 19.2. The van der Waals surface area contributed by atoms with Gasteiger partial charge in [-0.15, -0.1) is 0 Å². The highest BCUT2D eigenvalue weighted by molar-refractivity contribution is 6.03. The Balaban J connectivity index is 1.86. The molecule has 1 heterocycles. The van der Waals surface area contributed by atoms with Gasteiger partial charge in [-0.3, -0.25) is 4.79 Å². The molecule has 7 heteroatoms. The number of ether oxygens (including phenoxy) is 2. The van der Waals surface area contributed by atoms with Crippen LogP contribution in [0.25, 0.3) is 0 Å². The SMILES string of the molecule is COc1ccc(OC)c(Nc2nc(C)cc(C(=O)Nc3ccccc3)n2)c1. The van der Waals surface area contributed by atoms with E-state index in [0.29, 0.717) is 34.5 Å². The number of aromatic nitrogens is 2. The molecular formula is C20H20N4O3. The van der Waals surface area contributed by atoms with Gasteiger partial charge in [-0.25, -0.2) is 9.97 Å². The third-order valence-corrected chi connectivity index (χ3v) is 3.77. The summed E-state index contributed by atoms with van der Waals surface area (Å²) in [5.41, 5.74) is 2.25. The molecule has 2 aromatic carbocycles. The molecule has 0 fully saturated rings. The number of nitrogens with zero attached hydrogens (tertiary/aromatic N) is 2. The number of carbonyl (C=O) groups is 1. The molecule has 0 saturated carbocycles. The van der Waals surface area contributed by atoms with Crippen LogP contribution in [0.5, 0.6) is 11.5 Å². The van der Waals surface area contributed by atoms with Crippen LogP contribution in [0.1, 0.15) is 16.2 Å². The van der Waals surface area contributed by atoms with Gasteiger partial charge < -0.3 is 20.1 Å². The topological polar surface area (TPSA) is 85.4 Å². The van der Waals surface area contributed by atoms with Crippen molar-refractivity contribution in [2.75, 3.05) is 24.9 Å². The number of aryl methyl sites for hydroxylation is 1. The number of amides is 1. The molecule has 0 spiro atoms. The van der Waals surface area contributed by atoms with Gasteiger partial charge in [0.25, 0.3) is 5.91 Å². The van der Waals surface area contributed by atoms with Crippen LogP contribution in [0.4, 0.5) is 17.3 Å². The molecule has 0 aliphatic rings. The fraction of sp³-hybridized carbons (Fsp3) is 0.150. The fourth-order valence-corrected chi connectivity index (χ4v) is 2.49. The lowest BCUT2D eigenvalue weighted by molar-refractivity contribution is 0.102. The third kappa shape index (κ3) is 4.52.